The molecule has 1 fully saturated rings. The van der Waals surface area contributed by atoms with E-state index in [2.05, 4.69) is 11.9 Å². The number of nitrogens with two attached hydrogens (primary N) is 1. The monoisotopic (exact) mass is 347 g/mol. The summed E-state index contributed by atoms with van der Waals surface area (Å²) in [5.41, 5.74) is 5.19. The van der Waals surface area contributed by atoms with Crippen LogP contribution in [0.1, 0.15) is 63.6 Å². The number of imidazole rings is 1. The van der Waals surface area contributed by atoms with Crippen molar-refractivity contribution in [3.8, 4) is 0 Å². The van der Waals surface area contributed by atoms with Crippen molar-refractivity contribution in [2.24, 2.45) is 5.73 Å². The first-order chi connectivity index (χ1) is 12.0. The highest BCUT2D eigenvalue weighted by molar-refractivity contribution is 5.73. The van der Waals surface area contributed by atoms with Gasteiger partial charge in [-0.15, -0.1) is 0 Å². The number of aromatic amines is 1. The highest BCUT2D eigenvalue weighted by Gasteiger charge is 2.26. The Hall–Kier alpha value is -2.38. The van der Waals surface area contributed by atoms with E-state index >= 15 is 0 Å². The van der Waals surface area contributed by atoms with Gasteiger partial charge in [0.2, 0.25) is 5.91 Å². The molecule has 0 saturated heterocycles. The third-order valence-corrected chi connectivity index (χ3v) is 4.89. The average Bonchev–Trinajstić information content (AvgIpc) is 3.18. The van der Waals surface area contributed by atoms with E-state index in [-0.39, 0.29) is 6.42 Å². The van der Waals surface area contributed by atoms with Crippen LogP contribution in [0.15, 0.2) is 9.59 Å². The first-order valence-corrected chi connectivity index (χ1v) is 9.04. The number of hydrogen-bond acceptors (Lipinski definition) is 4. The molecule has 1 amide bonds. The summed E-state index contributed by atoms with van der Waals surface area (Å²) in [4.78, 5) is 42.8. The van der Waals surface area contributed by atoms with Crippen LogP contribution >= 0.6 is 0 Å². The van der Waals surface area contributed by atoms with Crippen LogP contribution in [-0.2, 0) is 17.9 Å². The molecule has 0 radical (unpaired) electrons. The van der Waals surface area contributed by atoms with Crippen LogP contribution in [0.4, 0.5) is 0 Å². The Morgan fingerprint density at radius 3 is 2.60 bits per heavy atom. The topological polar surface area (TPSA) is 116 Å². The van der Waals surface area contributed by atoms with Gasteiger partial charge in [0, 0.05) is 25.4 Å². The predicted octanol–water partition coefficient (Wildman–Crippen LogP) is 1.22. The zero-order valence-electron chi connectivity index (χ0n) is 14.6. The molecule has 0 atom stereocenters. The van der Waals surface area contributed by atoms with Gasteiger partial charge in [-0.1, -0.05) is 19.8 Å². The van der Waals surface area contributed by atoms with Gasteiger partial charge in [-0.05, 0) is 25.7 Å². The molecule has 1 aliphatic rings. The molecule has 0 aliphatic heterocycles. The highest BCUT2D eigenvalue weighted by atomic mass is 16.2. The fourth-order valence-corrected chi connectivity index (χ4v) is 3.75. The quantitative estimate of drug-likeness (QED) is 0.783. The maximum absolute atomic E-state index is 12.5. The van der Waals surface area contributed by atoms with E-state index in [0.29, 0.717) is 36.6 Å². The number of hydrogen-bond donors (Lipinski definition) is 2. The molecular formula is C17H25N5O3. The number of aryl methyl sites for hydroxylation is 2. The molecule has 0 spiro atoms. The van der Waals surface area contributed by atoms with Crippen LogP contribution in [0.25, 0.3) is 11.2 Å². The van der Waals surface area contributed by atoms with Crippen molar-refractivity contribution in [2.45, 2.75) is 70.9 Å². The molecule has 1 saturated carbocycles. The Bertz CT molecular complexity index is 886. The number of nitrogens with one attached hydrogen (secondary N) is 1. The first-order valence-electron chi connectivity index (χ1n) is 9.04. The Morgan fingerprint density at radius 1 is 1.24 bits per heavy atom. The highest BCUT2D eigenvalue weighted by Crippen LogP contribution is 2.34. The summed E-state index contributed by atoms with van der Waals surface area (Å²) < 4.78 is 3.44. The largest absolute Gasteiger partial charge is 0.370 e. The molecule has 1 aliphatic carbocycles. The smallest absolute Gasteiger partial charge is 0.330 e. The Balaban J connectivity index is 2.13. The predicted molar refractivity (Wildman–Crippen MR) is 94.5 cm³/mol. The van der Waals surface area contributed by atoms with Crippen molar-refractivity contribution in [2.75, 3.05) is 0 Å². The normalized spacial score (nSPS) is 15.2. The maximum Gasteiger partial charge on any atom is 0.330 e. The van der Waals surface area contributed by atoms with E-state index in [1.807, 2.05) is 4.57 Å². The van der Waals surface area contributed by atoms with Gasteiger partial charge in [0.15, 0.2) is 11.2 Å². The lowest BCUT2D eigenvalue weighted by Gasteiger charge is -2.12. The standard InChI is InChI=1S/C17H25N5O3/c1-2-9-21-13-15(19-14(21)11-6-3-4-7-11)22(10-5-8-12(18)23)17(25)20-16(13)24/h11H,2-10H2,1H3,(H2,18,23)(H,20,24,25). The number of rotatable bonds is 7. The average molecular weight is 347 g/mol. The SMILES string of the molecule is CCCn1c(C2CCCC2)nc2c1c(=O)[nH]c(=O)n2CCCC(N)=O. The lowest BCUT2D eigenvalue weighted by Crippen LogP contribution is -2.31. The number of amides is 1. The summed E-state index contributed by atoms with van der Waals surface area (Å²) in [5, 5.41) is 0. The number of fused-ring (bicyclic) bond motifs is 1. The van der Waals surface area contributed by atoms with Gasteiger partial charge in [0.1, 0.15) is 5.82 Å². The van der Waals surface area contributed by atoms with Crippen molar-refractivity contribution in [1.82, 2.24) is 19.1 Å². The Morgan fingerprint density at radius 2 is 1.96 bits per heavy atom. The minimum Gasteiger partial charge on any atom is -0.370 e. The van der Waals surface area contributed by atoms with Crippen LogP contribution in [0.3, 0.4) is 0 Å². The maximum atomic E-state index is 12.5. The van der Waals surface area contributed by atoms with Gasteiger partial charge >= 0.3 is 5.69 Å². The van der Waals surface area contributed by atoms with Crippen molar-refractivity contribution >= 4 is 17.1 Å². The van der Waals surface area contributed by atoms with Gasteiger partial charge in [-0.2, -0.15) is 0 Å². The summed E-state index contributed by atoms with van der Waals surface area (Å²) in [6.45, 7) is 3.06. The molecule has 2 aromatic rings. The van der Waals surface area contributed by atoms with Crippen LogP contribution in [0.2, 0.25) is 0 Å². The third-order valence-electron chi connectivity index (χ3n) is 4.89. The van der Waals surface area contributed by atoms with Gasteiger partial charge in [0.25, 0.3) is 5.56 Å². The van der Waals surface area contributed by atoms with Crippen molar-refractivity contribution in [3.63, 3.8) is 0 Å². The molecule has 8 heteroatoms. The van der Waals surface area contributed by atoms with Crippen LogP contribution in [-0.4, -0.2) is 25.0 Å². The molecule has 3 N–H and O–H groups in total. The summed E-state index contributed by atoms with van der Waals surface area (Å²) in [6.07, 6.45) is 5.98. The number of nitrogens with zero attached hydrogens (tertiary/aromatic N) is 3. The Labute approximate surface area is 145 Å². The van der Waals surface area contributed by atoms with Crippen LogP contribution in [0, 0.1) is 0 Å². The summed E-state index contributed by atoms with van der Waals surface area (Å²) >= 11 is 0. The van der Waals surface area contributed by atoms with E-state index in [4.69, 9.17) is 10.7 Å². The summed E-state index contributed by atoms with van der Waals surface area (Å²) in [6, 6.07) is 0. The Kier molecular flexibility index (Phi) is 5.06. The molecule has 0 aromatic carbocycles. The molecule has 8 nitrogen and oxygen atoms in total. The second-order valence-electron chi connectivity index (χ2n) is 6.76. The second kappa shape index (κ2) is 7.25. The molecule has 0 unspecified atom stereocenters. The zero-order chi connectivity index (χ0) is 18.0. The number of carbonyl (C=O) groups is 1. The minimum atomic E-state index is -0.485. The number of aromatic nitrogens is 4. The van der Waals surface area contributed by atoms with Gasteiger partial charge in [-0.25, -0.2) is 9.78 Å². The minimum absolute atomic E-state index is 0.193. The second-order valence-corrected chi connectivity index (χ2v) is 6.76. The van der Waals surface area contributed by atoms with E-state index < -0.39 is 17.2 Å². The van der Waals surface area contributed by atoms with E-state index in [9.17, 15) is 14.4 Å². The molecule has 3 rings (SSSR count). The number of carbonyl (C=O) groups excluding carboxylic acids is 1. The van der Waals surface area contributed by atoms with Crippen LogP contribution in [0.5, 0.6) is 0 Å². The fourth-order valence-electron chi connectivity index (χ4n) is 3.75. The molecule has 136 valence electrons. The summed E-state index contributed by atoms with van der Waals surface area (Å²) in [7, 11) is 0. The van der Waals surface area contributed by atoms with E-state index in [1.165, 1.54) is 17.4 Å². The molecule has 2 aromatic heterocycles. The third kappa shape index (κ3) is 3.38. The first kappa shape index (κ1) is 17.4. The van der Waals surface area contributed by atoms with Crippen molar-refractivity contribution in [3.05, 3.63) is 26.7 Å². The lowest BCUT2D eigenvalue weighted by atomic mass is 10.1. The lowest BCUT2D eigenvalue weighted by molar-refractivity contribution is -0.118. The van der Waals surface area contributed by atoms with E-state index in [1.54, 1.807) is 0 Å². The van der Waals surface area contributed by atoms with Crippen LogP contribution < -0.4 is 17.0 Å². The number of H-pyrrole nitrogens is 1. The molecular weight excluding hydrogens is 322 g/mol. The summed E-state index contributed by atoms with van der Waals surface area (Å²) in [5.74, 6) is 0.846. The van der Waals surface area contributed by atoms with Crippen molar-refractivity contribution in [1.29, 1.82) is 0 Å². The number of primary amides is 1. The van der Waals surface area contributed by atoms with Gasteiger partial charge in [0.05, 0.1) is 0 Å². The molecule has 0 bridgehead atoms. The van der Waals surface area contributed by atoms with Gasteiger partial charge < -0.3 is 10.3 Å². The van der Waals surface area contributed by atoms with E-state index in [0.717, 1.165) is 25.1 Å². The fraction of sp³-hybridized carbons (Fsp3) is 0.647. The molecule has 2 heterocycles. The zero-order valence-corrected chi connectivity index (χ0v) is 14.6. The van der Waals surface area contributed by atoms with Crippen molar-refractivity contribution < 1.29 is 4.79 Å². The van der Waals surface area contributed by atoms with Gasteiger partial charge in [-0.3, -0.25) is 19.1 Å². The molecule has 25 heavy (non-hydrogen) atoms.